The fourth-order valence-electron chi connectivity index (χ4n) is 1.37. The number of hydrogen-bond donors (Lipinski definition) is 2. The SMILES string of the molecule is COc1cc(CC(=O)NCCC(=O)O)ccc1F. The van der Waals surface area contributed by atoms with E-state index in [4.69, 9.17) is 9.84 Å². The second kappa shape index (κ2) is 6.58. The van der Waals surface area contributed by atoms with Crippen molar-refractivity contribution >= 4 is 11.9 Å². The molecule has 0 aliphatic carbocycles. The van der Waals surface area contributed by atoms with E-state index in [-0.39, 0.29) is 31.0 Å². The fraction of sp³-hybridized carbons (Fsp3) is 0.333. The van der Waals surface area contributed by atoms with E-state index in [0.29, 0.717) is 5.56 Å². The number of methoxy groups -OCH3 is 1. The van der Waals surface area contributed by atoms with Crippen molar-refractivity contribution in [3.8, 4) is 5.75 Å². The molecule has 0 aliphatic heterocycles. The largest absolute Gasteiger partial charge is 0.494 e. The molecule has 0 aliphatic rings. The molecule has 0 unspecified atom stereocenters. The Bertz CT molecular complexity index is 448. The highest BCUT2D eigenvalue weighted by molar-refractivity contribution is 5.79. The highest BCUT2D eigenvalue weighted by Crippen LogP contribution is 2.18. The van der Waals surface area contributed by atoms with Crippen molar-refractivity contribution < 1.29 is 23.8 Å². The molecule has 0 saturated heterocycles. The normalized spacial score (nSPS) is 9.89. The van der Waals surface area contributed by atoms with Crippen molar-refractivity contribution in [1.82, 2.24) is 5.32 Å². The Morgan fingerprint density at radius 2 is 2.17 bits per heavy atom. The number of benzene rings is 1. The monoisotopic (exact) mass is 255 g/mol. The zero-order valence-corrected chi connectivity index (χ0v) is 9.90. The molecular formula is C12H14FNO4. The second-order valence-electron chi connectivity index (χ2n) is 3.64. The van der Waals surface area contributed by atoms with Gasteiger partial charge in [0.2, 0.25) is 5.91 Å². The van der Waals surface area contributed by atoms with Crippen LogP contribution in [0.1, 0.15) is 12.0 Å². The summed E-state index contributed by atoms with van der Waals surface area (Å²) in [7, 11) is 1.34. The van der Waals surface area contributed by atoms with Gasteiger partial charge in [0.25, 0.3) is 0 Å². The van der Waals surface area contributed by atoms with Crippen LogP contribution in [0.4, 0.5) is 4.39 Å². The van der Waals surface area contributed by atoms with E-state index in [1.165, 1.54) is 25.3 Å². The number of aliphatic carboxylic acids is 1. The minimum absolute atomic E-state index is 0.0518. The molecule has 2 N–H and O–H groups in total. The van der Waals surface area contributed by atoms with Crippen molar-refractivity contribution in [2.24, 2.45) is 0 Å². The number of carboxylic acids is 1. The van der Waals surface area contributed by atoms with Gasteiger partial charge in [-0.3, -0.25) is 9.59 Å². The summed E-state index contributed by atoms with van der Waals surface area (Å²) in [5.74, 6) is -1.71. The Balaban J connectivity index is 2.51. The van der Waals surface area contributed by atoms with Gasteiger partial charge in [-0.15, -0.1) is 0 Å². The average Bonchev–Trinajstić information content (AvgIpc) is 2.31. The summed E-state index contributed by atoms with van der Waals surface area (Å²) in [6.45, 7) is 0.0759. The number of hydrogen-bond acceptors (Lipinski definition) is 3. The highest BCUT2D eigenvalue weighted by Gasteiger charge is 2.08. The predicted molar refractivity (Wildman–Crippen MR) is 61.9 cm³/mol. The van der Waals surface area contributed by atoms with Gasteiger partial charge in [0.05, 0.1) is 20.0 Å². The first-order valence-electron chi connectivity index (χ1n) is 5.34. The first kappa shape index (κ1) is 14.0. The summed E-state index contributed by atoms with van der Waals surface area (Å²) < 4.78 is 17.9. The highest BCUT2D eigenvalue weighted by atomic mass is 19.1. The maximum Gasteiger partial charge on any atom is 0.305 e. The van der Waals surface area contributed by atoms with Crippen LogP contribution >= 0.6 is 0 Å². The second-order valence-corrected chi connectivity index (χ2v) is 3.64. The van der Waals surface area contributed by atoms with E-state index in [9.17, 15) is 14.0 Å². The number of amides is 1. The third-order valence-electron chi connectivity index (χ3n) is 2.24. The van der Waals surface area contributed by atoms with Gasteiger partial charge in [0.1, 0.15) is 0 Å². The molecule has 1 rings (SSSR count). The molecule has 0 spiro atoms. The first-order chi connectivity index (χ1) is 8.52. The van der Waals surface area contributed by atoms with Crippen LogP contribution in [0.2, 0.25) is 0 Å². The zero-order valence-electron chi connectivity index (χ0n) is 9.90. The quantitative estimate of drug-likeness (QED) is 0.794. The lowest BCUT2D eigenvalue weighted by Gasteiger charge is -2.06. The van der Waals surface area contributed by atoms with Crippen LogP contribution in [-0.4, -0.2) is 30.6 Å². The molecule has 1 aromatic rings. The van der Waals surface area contributed by atoms with Gasteiger partial charge in [0, 0.05) is 6.54 Å². The Morgan fingerprint density at radius 1 is 1.44 bits per heavy atom. The summed E-state index contributed by atoms with van der Waals surface area (Å²) in [6.07, 6.45) is -0.0747. The summed E-state index contributed by atoms with van der Waals surface area (Å²) in [4.78, 5) is 21.7. The summed E-state index contributed by atoms with van der Waals surface area (Å²) >= 11 is 0. The van der Waals surface area contributed by atoms with Crippen molar-refractivity contribution in [3.63, 3.8) is 0 Å². The molecule has 1 aromatic carbocycles. The molecule has 6 heteroatoms. The number of rotatable bonds is 6. The number of ether oxygens (including phenoxy) is 1. The molecule has 0 fully saturated rings. The number of carboxylic acid groups (broad SMARTS) is 1. The van der Waals surface area contributed by atoms with Crippen LogP contribution in [-0.2, 0) is 16.0 Å². The minimum atomic E-state index is -0.973. The molecule has 0 radical (unpaired) electrons. The van der Waals surface area contributed by atoms with Gasteiger partial charge in [-0.05, 0) is 17.7 Å². The smallest absolute Gasteiger partial charge is 0.305 e. The molecule has 0 saturated carbocycles. The molecule has 0 atom stereocenters. The van der Waals surface area contributed by atoms with E-state index < -0.39 is 11.8 Å². The number of nitrogens with one attached hydrogen (secondary N) is 1. The topological polar surface area (TPSA) is 75.6 Å². The van der Waals surface area contributed by atoms with E-state index in [1.54, 1.807) is 0 Å². The van der Waals surface area contributed by atoms with Crippen molar-refractivity contribution in [3.05, 3.63) is 29.6 Å². The molecule has 0 heterocycles. The van der Waals surface area contributed by atoms with Crippen LogP contribution in [0.3, 0.4) is 0 Å². The molecule has 98 valence electrons. The summed E-state index contributed by atoms with van der Waals surface area (Å²) in [6, 6.07) is 4.14. The van der Waals surface area contributed by atoms with Crippen LogP contribution < -0.4 is 10.1 Å². The summed E-state index contributed by atoms with van der Waals surface area (Å²) in [5.41, 5.74) is 0.598. The minimum Gasteiger partial charge on any atom is -0.494 e. The predicted octanol–water partition coefficient (Wildman–Crippen LogP) is 0.968. The molecule has 0 bridgehead atoms. The molecule has 1 amide bonds. The van der Waals surface area contributed by atoms with Gasteiger partial charge >= 0.3 is 5.97 Å². The Hall–Kier alpha value is -2.11. The fourth-order valence-corrected chi connectivity index (χ4v) is 1.37. The van der Waals surface area contributed by atoms with E-state index in [0.717, 1.165) is 0 Å². The lowest BCUT2D eigenvalue weighted by Crippen LogP contribution is -2.27. The van der Waals surface area contributed by atoms with E-state index in [1.807, 2.05) is 0 Å². The Kier molecular flexibility index (Phi) is 5.10. The average molecular weight is 255 g/mol. The van der Waals surface area contributed by atoms with Crippen LogP contribution in [0.5, 0.6) is 5.75 Å². The van der Waals surface area contributed by atoms with Gasteiger partial charge in [-0.2, -0.15) is 0 Å². The van der Waals surface area contributed by atoms with Crippen molar-refractivity contribution in [2.45, 2.75) is 12.8 Å². The van der Waals surface area contributed by atoms with Crippen LogP contribution in [0, 0.1) is 5.82 Å². The Labute approximate surface area is 104 Å². The molecular weight excluding hydrogens is 241 g/mol. The van der Waals surface area contributed by atoms with E-state index >= 15 is 0 Å². The van der Waals surface area contributed by atoms with Crippen LogP contribution in [0.15, 0.2) is 18.2 Å². The summed E-state index contributed by atoms with van der Waals surface area (Å²) in [5, 5.41) is 10.9. The lowest BCUT2D eigenvalue weighted by molar-refractivity contribution is -0.136. The van der Waals surface area contributed by atoms with Crippen molar-refractivity contribution in [1.29, 1.82) is 0 Å². The third kappa shape index (κ3) is 4.40. The van der Waals surface area contributed by atoms with Gasteiger partial charge in [-0.25, -0.2) is 4.39 Å². The van der Waals surface area contributed by atoms with Crippen LogP contribution in [0.25, 0.3) is 0 Å². The maximum atomic E-state index is 13.1. The maximum absolute atomic E-state index is 13.1. The number of halogens is 1. The standard InChI is InChI=1S/C12H14FNO4/c1-18-10-6-8(2-3-9(10)13)7-11(15)14-5-4-12(16)17/h2-3,6H,4-5,7H2,1H3,(H,14,15)(H,16,17). The van der Waals surface area contributed by atoms with Gasteiger partial charge in [0.15, 0.2) is 11.6 Å². The Morgan fingerprint density at radius 3 is 2.78 bits per heavy atom. The first-order valence-corrected chi connectivity index (χ1v) is 5.34. The number of carbonyl (C=O) groups is 2. The third-order valence-corrected chi connectivity index (χ3v) is 2.24. The number of carbonyl (C=O) groups excluding carboxylic acids is 1. The lowest BCUT2D eigenvalue weighted by atomic mass is 10.1. The zero-order chi connectivity index (χ0) is 13.5. The van der Waals surface area contributed by atoms with Gasteiger partial charge in [-0.1, -0.05) is 6.07 Å². The molecule has 18 heavy (non-hydrogen) atoms. The molecule has 5 nitrogen and oxygen atoms in total. The van der Waals surface area contributed by atoms with Crippen molar-refractivity contribution in [2.75, 3.05) is 13.7 Å². The van der Waals surface area contributed by atoms with Gasteiger partial charge < -0.3 is 15.2 Å². The molecule has 0 aromatic heterocycles. The van der Waals surface area contributed by atoms with E-state index in [2.05, 4.69) is 5.32 Å².